The molecule has 0 aliphatic carbocycles. The van der Waals surface area contributed by atoms with Crippen molar-refractivity contribution in [2.45, 2.75) is 33.2 Å². The number of halogens is 2. The molecule has 0 fully saturated rings. The second-order valence-electron chi connectivity index (χ2n) is 4.73. The van der Waals surface area contributed by atoms with Crippen LogP contribution in [-0.2, 0) is 6.42 Å². The normalized spacial score (nSPS) is 12.7. The minimum atomic E-state index is 0.268. The summed E-state index contributed by atoms with van der Waals surface area (Å²) in [6.07, 6.45) is 0.877. The fourth-order valence-corrected chi connectivity index (χ4v) is 4.04. The molecule has 1 unspecified atom stereocenters. The Morgan fingerprint density at radius 2 is 2.15 bits per heavy atom. The Morgan fingerprint density at radius 3 is 2.70 bits per heavy atom. The van der Waals surface area contributed by atoms with E-state index in [1.54, 1.807) is 11.3 Å². The number of rotatable bonds is 5. The fourth-order valence-electron chi connectivity index (χ4n) is 2.28. The molecule has 20 heavy (non-hydrogen) atoms. The molecule has 2 rings (SSSR count). The predicted octanol–water partition coefficient (Wildman–Crippen LogP) is 5.07. The van der Waals surface area contributed by atoms with Gasteiger partial charge in [-0.05, 0) is 44.5 Å². The van der Waals surface area contributed by atoms with E-state index in [4.69, 9.17) is 11.6 Å². The number of nitrogens with one attached hydrogen (secondary N) is 1. The molecule has 1 heterocycles. The molecule has 0 saturated carbocycles. The minimum Gasteiger partial charge on any atom is -0.309 e. The van der Waals surface area contributed by atoms with Gasteiger partial charge in [0.15, 0.2) is 0 Å². The lowest BCUT2D eigenvalue weighted by atomic mass is 10.0. The minimum absolute atomic E-state index is 0.268. The Hall–Kier alpha value is -0.420. The van der Waals surface area contributed by atoms with Crippen molar-refractivity contribution in [2.24, 2.45) is 0 Å². The van der Waals surface area contributed by atoms with Crippen molar-refractivity contribution in [1.29, 1.82) is 0 Å². The molecule has 0 radical (unpaired) electrons. The monoisotopic (exact) mass is 372 g/mol. The van der Waals surface area contributed by atoms with Crippen molar-refractivity contribution in [3.8, 4) is 0 Å². The van der Waals surface area contributed by atoms with E-state index in [1.807, 2.05) is 12.1 Å². The van der Waals surface area contributed by atoms with E-state index >= 15 is 0 Å². The summed E-state index contributed by atoms with van der Waals surface area (Å²) in [5.74, 6) is 0. The van der Waals surface area contributed by atoms with Crippen LogP contribution in [0.5, 0.6) is 0 Å². The maximum atomic E-state index is 6.34. The van der Waals surface area contributed by atoms with Gasteiger partial charge in [-0.2, -0.15) is 0 Å². The van der Waals surface area contributed by atoms with Crippen LogP contribution in [0.1, 0.15) is 34.1 Å². The van der Waals surface area contributed by atoms with Crippen LogP contribution in [0, 0.1) is 13.8 Å². The number of nitrogens with zero attached hydrogens (tertiary/aromatic N) is 1. The summed E-state index contributed by atoms with van der Waals surface area (Å²) < 4.78 is 1.01. The van der Waals surface area contributed by atoms with Crippen molar-refractivity contribution in [2.75, 3.05) is 6.54 Å². The smallest absolute Gasteiger partial charge is 0.0900 e. The Morgan fingerprint density at radius 1 is 1.40 bits per heavy atom. The number of aromatic nitrogens is 1. The average Bonchev–Trinajstić information content (AvgIpc) is 2.71. The third kappa shape index (κ3) is 3.82. The molecule has 0 aliphatic rings. The third-order valence-corrected chi connectivity index (χ3v) is 5.18. The largest absolute Gasteiger partial charge is 0.309 e. The number of hydrogen-bond acceptors (Lipinski definition) is 3. The van der Waals surface area contributed by atoms with Gasteiger partial charge in [-0.1, -0.05) is 40.5 Å². The second-order valence-corrected chi connectivity index (χ2v) is 7.29. The second kappa shape index (κ2) is 7.03. The fraction of sp³-hybridized carbons (Fsp3) is 0.400. The van der Waals surface area contributed by atoms with Gasteiger partial charge in [0.1, 0.15) is 0 Å². The number of aryl methyl sites for hydroxylation is 2. The van der Waals surface area contributed by atoms with E-state index < -0.39 is 0 Å². The highest BCUT2D eigenvalue weighted by atomic mass is 79.9. The molecule has 1 N–H and O–H groups in total. The summed E-state index contributed by atoms with van der Waals surface area (Å²) >= 11 is 11.5. The molecule has 2 nitrogen and oxygen atoms in total. The Balaban J connectivity index is 2.27. The van der Waals surface area contributed by atoms with Crippen LogP contribution in [0.3, 0.4) is 0 Å². The van der Waals surface area contributed by atoms with E-state index in [0.717, 1.165) is 38.7 Å². The molecule has 5 heteroatoms. The van der Waals surface area contributed by atoms with Gasteiger partial charge < -0.3 is 5.32 Å². The Kier molecular flexibility index (Phi) is 5.61. The molecule has 1 aromatic carbocycles. The molecule has 0 saturated heterocycles. The first-order valence-electron chi connectivity index (χ1n) is 6.62. The Labute approximate surface area is 137 Å². The highest BCUT2D eigenvalue weighted by Gasteiger charge is 2.18. The molecule has 0 aliphatic heterocycles. The number of hydrogen-bond donors (Lipinski definition) is 1. The first-order chi connectivity index (χ1) is 9.51. The molecule has 0 spiro atoms. The maximum Gasteiger partial charge on any atom is 0.0900 e. The van der Waals surface area contributed by atoms with E-state index in [1.165, 1.54) is 4.88 Å². The lowest BCUT2D eigenvalue weighted by Crippen LogP contribution is -2.23. The van der Waals surface area contributed by atoms with Crippen LogP contribution in [0.2, 0.25) is 5.02 Å². The van der Waals surface area contributed by atoms with Gasteiger partial charge in [-0.25, -0.2) is 4.98 Å². The van der Waals surface area contributed by atoms with Crippen molar-refractivity contribution in [3.05, 3.63) is 48.8 Å². The van der Waals surface area contributed by atoms with Gasteiger partial charge in [0, 0.05) is 20.4 Å². The van der Waals surface area contributed by atoms with Gasteiger partial charge in [-0.3, -0.25) is 0 Å². The van der Waals surface area contributed by atoms with Gasteiger partial charge in [0.25, 0.3) is 0 Å². The first kappa shape index (κ1) is 16.0. The number of thiazole rings is 1. The summed E-state index contributed by atoms with van der Waals surface area (Å²) in [6, 6.07) is 6.34. The molecule has 1 atom stereocenters. The van der Waals surface area contributed by atoms with E-state index in [0.29, 0.717) is 0 Å². The van der Waals surface area contributed by atoms with Crippen molar-refractivity contribution < 1.29 is 0 Å². The highest BCUT2D eigenvalue weighted by molar-refractivity contribution is 9.10. The summed E-state index contributed by atoms with van der Waals surface area (Å²) in [5.41, 5.74) is 2.28. The van der Waals surface area contributed by atoms with E-state index in [9.17, 15) is 0 Å². The SMILES string of the molecule is CCNC(Cc1ccc(Br)cc1Cl)c1sc(C)nc1C. The predicted molar refractivity (Wildman–Crippen MR) is 90.9 cm³/mol. The van der Waals surface area contributed by atoms with Crippen molar-refractivity contribution >= 4 is 38.9 Å². The zero-order valence-corrected chi connectivity index (χ0v) is 15.0. The van der Waals surface area contributed by atoms with Crippen LogP contribution in [-0.4, -0.2) is 11.5 Å². The summed E-state index contributed by atoms with van der Waals surface area (Å²) in [4.78, 5) is 5.84. The zero-order valence-electron chi connectivity index (χ0n) is 11.8. The van der Waals surface area contributed by atoms with E-state index in [2.05, 4.69) is 53.1 Å². The molecule has 108 valence electrons. The van der Waals surface area contributed by atoms with Gasteiger partial charge in [-0.15, -0.1) is 11.3 Å². The molecule has 0 bridgehead atoms. The summed E-state index contributed by atoms with van der Waals surface area (Å²) in [7, 11) is 0. The topological polar surface area (TPSA) is 24.9 Å². The Bertz CT molecular complexity index is 598. The van der Waals surface area contributed by atoms with Crippen LogP contribution in [0.25, 0.3) is 0 Å². The van der Waals surface area contributed by atoms with Gasteiger partial charge >= 0.3 is 0 Å². The van der Waals surface area contributed by atoms with Crippen LogP contribution >= 0.6 is 38.9 Å². The van der Waals surface area contributed by atoms with Crippen LogP contribution in [0.4, 0.5) is 0 Å². The molecule has 2 aromatic rings. The summed E-state index contributed by atoms with van der Waals surface area (Å²) in [5, 5.41) is 5.46. The zero-order chi connectivity index (χ0) is 14.7. The van der Waals surface area contributed by atoms with E-state index in [-0.39, 0.29) is 6.04 Å². The molecular weight excluding hydrogens is 356 g/mol. The van der Waals surface area contributed by atoms with Crippen LogP contribution < -0.4 is 5.32 Å². The van der Waals surface area contributed by atoms with Gasteiger partial charge in [0.05, 0.1) is 10.7 Å². The molecule has 0 amide bonds. The lowest BCUT2D eigenvalue weighted by molar-refractivity contribution is 0.555. The quantitative estimate of drug-likeness (QED) is 0.791. The highest BCUT2D eigenvalue weighted by Crippen LogP contribution is 2.30. The third-order valence-electron chi connectivity index (χ3n) is 3.15. The molecular formula is C15H18BrClN2S. The maximum absolute atomic E-state index is 6.34. The lowest BCUT2D eigenvalue weighted by Gasteiger charge is -2.18. The molecule has 1 aromatic heterocycles. The summed E-state index contributed by atoms with van der Waals surface area (Å²) in [6.45, 7) is 7.18. The average molecular weight is 374 g/mol. The number of likely N-dealkylation sites (N-methyl/N-ethyl adjacent to an activating group) is 1. The first-order valence-corrected chi connectivity index (χ1v) is 8.61. The van der Waals surface area contributed by atoms with Crippen LogP contribution in [0.15, 0.2) is 22.7 Å². The van der Waals surface area contributed by atoms with Crippen molar-refractivity contribution in [1.82, 2.24) is 10.3 Å². The van der Waals surface area contributed by atoms with Gasteiger partial charge in [0.2, 0.25) is 0 Å². The number of benzene rings is 1. The van der Waals surface area contributed by atoms with Crippen molar-refractivity contribution in [3.63, 3.8) is 0 Å². The standard InChI is InChI=1S/C15H18BrClN2S/c1-4-18-14(15-9(2)19-10(3)20-15)7-11-5-6-12(16)8-13(11)17/h5-6,8,14,18H,4,7H2,1-3H3.